The summed E-state index contributed by atoms with van der Waals surface area (Å²) in [6.07, 6.45) is 0.401. The highest BCUT2D eigenvalue weighted by Gasteiger charge is 2.17. The van der Waals surface area contributed by atoms with Crippen LogP contribution in [-0.4, -0.2) is 38.8 Å². The van der Waals surface area contributed by atoms with Crippen molar-refractivity contribution in [1.82, 2.24) is 5.32 Å². The quantitative estimate of drug-likeness (QED) is 0.879. The first kappa shape index (κ1) is 15.8. The van der Waals surface area contributed by atoms with E-state index in [4.69, 9.17) is 9.47 Å². The molecule has 19 heavy (non-hydrogen) atoms. The second-order valence-electron chi connectivity index (χ2n) is 4.18. The van der Waals surface area contributed by atoms with Crippen LogP contribution < -0.4 is 15.4 Å². The SMILES string of the molecule is COc1ccccc1NC(=O)CC1COCCN1.Cl. The Morgan fingerprint density at radius 3 is 3.00 bits per heavy atom. The van der Waals surface area contributed by atoms with Crippen molar-refractivity contribution in [3.05, 3.63) is 24.3 Å². The third kappa shape index (κ3) is 4.70. The van der Waals surface area contributed by atoms with Gasteiger partial charge in [-0.25, -0.2) is 0 Å². The number of carbonyl (C=O) groups excluding carboxylic acids is 1. The predicted molar refractivity (Wildman–Crippen MR) is 76.1 cm³/mol. The maximum atomic E-state index is 11.9. The van der Waals surface area contributed by atoms with Gasteiger partial charge < -0.3 is 20.1 Å². The molecule has 0 bridgehead atoms. The molecule has 0 saturated carbocycles. The Balaban J connectivity index is 0.00000180. The highest BCUT2D eigenvalue weighted by Crippen LogP contribution is 2.23. The van der Waals surface area contributed by atoms with Crippen molar-refractivity contribution in [1.29, 1.82) is 0 Å². The van der Waals surface area contributed by atoms with Gasteiger partial charge in [-0.1, -0.05) is 12.1 Å². The molecule has 0 aliphatic carbocycles. The Morgan fingerprint density at radius 1 is 1.53 bits per heavy atom. The van der Waals surface area contributed by atoms with Crippen molar-refractivity contribution in [2.75, 3.05) is 32.2 Å². The van der Waals surface area contributed by atoms with E-state index < -0.39 is 0 Å². The van der Waals surface area contributed by atoms with Gasteiger partial charge in [0.15, 0.2) is 0 Å². The van der Waals surface area contributed by atoms with Crippen LogP contribution in [0.4, 0.5) is 5.69 Å². The van der Waals surface area contributed by atoms with Gasteiger partial charge in [0.1, 0.15) is 5.75 Å². The molecule has 0 aromatic heterocycles. The highest BCUT2D eigenvalue weighted by atomic mass is 35.5. The molecule has 1 amide bonds. The average Bonchev–Trinajstić information content (AvgIpc) is 2.40. The molecule has 1 saturated heterocycles. The number of ether oxygens (including phenoxy) is 2. The monoisotopic (exact) mass is 286 g/mol. The van der Waals surface area contributed by atoms with Crippen molar-refractivity contribution in [3.63, 3.8) is 0 Å². The first-order valence-electron chi connectivity index (χ1n) is 6.03. The zero-order chi connectivity index (χ0) is 12.8. The van der Waals surface area contributed by atoms with Crippen molar-refractivity contribution < 1.29 is 14.3 Å². The number of methoxy groups -OCH3 is 1. The number of morpholine rings is 1. The Labute approximate surface area is 119 Å². The topological polar surface area (TPSA) is 59.6 Å². The van der Waals surface area contributed by atoms with Gasteiger partial charge in [-0.3, -0.25) is 4.79 Å². The van der Waals surface area contributed by atoms with E-state index in [9.17, 15) is 4.79 Å². The van der Waals surface area contributed by atoms with E-state index >= 15 is 0 Å². The van der Waals surface area contributed by atoms with Crippen LogP contribution in [-0.2, 0) is 9.53 Å². The Kier molecular flexibility index (Phi) is 6.62. The van der Waals surface area contributed by atoms with Gasteiger partial charge in [-0.05, 0) is 12.1 Å². The fraction of sp³-hybridized carbons (Fsp3) is 0.462. The third-order valence-electron chi connectivity index (χ3n) is 2.81. The van der Waals surface area contributed by atoms with Gasteiger partial charge in [0.2, 0.25) is 5.91 Å². The van der Waals surface area contributed by atoms with E-state index in [1.54, 1.807) is 7.11 Å². The molecule has 1 aromatic rings. The number of amides is 1. The van der Waals surface area contributed by atoms with Gasteiger partial charge in [-0.15, -0.1) is 12.4 Å². The number of hydrogen-bond donors (Lipinski definition) is 2. The molecule has 0 radical (unpaired) electrons. The van der Waals surface area contributed by atoms with Gasteiger partial charge in [0.05, 0.1) is 26.0 Å². The standard InChI is InChI=1S/C13H18N2O3.ClH/c1-17-12-5-3-2-4-11(12)15-13(16)8-10-9-18-7-6-14-10;/h2-5,10,14H,6-9H2,1H3,(H,15,16);1H. The maximum absolute atomic E-state index is 11.9. The lowest BCUT2D eigenvalue weighted by molar-refractivity contribution is -0.117. The summed E-state index contributed by atoms with van der Waals surface area (Å²) in [5.74, 6) is 0.626. The molecule has 0 spiro atoms. The summed E-state index contributed by atoms with van der Waals surface area (Å²) in [4.78, 5) is 11.9. The zero-order valence-electron chi connectivity index (χ0n) is 10.8. The van der Waals surface area contributed by atoms with Crippen LogP contribution in [0.1, 0.15) is 6.42 Å². The first-order chi connectivity index (χ1) is 8.79. The van der Waals surface area contributed by atoms with Crippen molar-refractivity contribution in [2.45, 2.75) is 12.5 Å². The summed E-state index contributed by atoms with van der Waals surface area (Å²) in [6, 6.07) is 7.46. The summed E-state index contributed by atoms with van der Waals surface area (Å²) in [5.41, 5.74) is 0.696. The molecule has 1 aliphatic rings. The smallest absolute Gasteiger partial charge is 0.226 e. The fourth-order valence-electron chi connectivity index (χ4n) is 1.92. The molecule has 1 atom stereocenters. The molecule has 2 rings (SSSR count). The maximum Gasteiger partial charge on any atom is 0.226 e. The molecule has 1 unspecified atom stereocenters. The van der Waals surface area contributed by atoms with Crippen LogP contribution >= 0.6 is 12.4 Å². The number of halogens is 1. The normalized spacial score (nSPS) is 18.3. The van der Waals surface area contributed by atoms with Gasteiger partial charge in [-0.2, -0.15) is 0 Å². The minimum absolute atomic E-state index is 0. The van der Waals surface area contributed by atoms with E-state index in [1.807, 2.05) is 24.3 Å². The van der Waals surface area contributed by atoms with E-state index in [-0.39, 0.29) is 24.4 Å². The van der Waals surface area contributed by atoms with Crippen molar-refractivity contribution in [2.24, 2.45) is 0 Å². The highest BCUT2D eigenvalue weighted by molar-refractivity contribution is 5.92. The zero-order valence-corrected chi connectivity index (χ0v) is 11.7. The lowest BCUT2D eigenvalue weighted by atomic mass is 10.2. The fourth-order valence-corrected chi connectivity index (χ4v) is 1.92. The average molecular weight is 287 g/mol. The lowest BCUT2D eigenvalue weighted by Gasteiger charge is -2.23. The van der Waals surface area contributed by atoms with E-state index in [1.165, 1.54) is 0 Å². The van der Waals surface area contributed by atoms with E-state index in [2.05, 4.69) is 10.6 Å². The van der Waals surface area contributed by atoms with Crippen LogP contribution in [0.15, 0.2) is 24.3 Å². The van der Waals surface area contributed by atoms with Crippen LogP contribution in [0, 0.1) is 0 Å². The van der Waals surface area contributed by atoms with Gasteiger partial charge >= 0.3 is 0 Å². The number of hydrogen-bond acceptors (Lipinski definition) is 4. The lowest BCUT2D eigenvalue weighted by Crippen LogP contribution is -2.43. The molecule has 2 N–H and O–H groups in total. The number of benzene rings is 1. The molecule has 1 aliphatic heterocycles. The number of nitrogens with one attached hydrogen (secondary N) is 2. The molecule has 1 aromatic carbocycles. The summed E-state index contributed by atoms with van der Waals surface area (Å²) in [6.45, 7) is 2.09. The minimum Gasteiger partial charge on any atom is -0.495 e. The second-order valence-corrected chi connectivity index (χ2v) is 4.18. The van der Waals surface area contributed by atoms with Gasteiger partial charge in [0, 0.05) is 19.0 Å². The Bertz CT molecular complexity index is 409. The van der Waals surface area contributed by atoms with Crippen molar-refractivity contribution in [3.8, 4) is 5.75 Å². The summed E-state index contributed by atoms with van der Waals surface area (Å²) < 4.78 is 10.5. The number of rotatable bonds is 4. The van der Waals surface area contributed by atoms with Crippen LogP contribution in [0.2, 0.25) is 0 Å². The summed E-state index contributed by atoms with van der Waals surface area (Å²) >= 11 is 0. The number of anilines is 1. The minimum atomic E-state index is -0.0394. The molecule has 6 heteroatoms. The largest absolute Gasteiger partial charge is 0.495 e. The second kappa shape index (κ2) is 7.99. The number of carbonyl (C=O) groups is 1. The summed E-state index contributed by atoms with van der Waals surface area (Å²) in [5, 5.41) is 6.10. The first-order valence-corrected chi connectivity index (χ1v) is 6.03. The third-order valence-corrected chi connectivity index (χ3v) is 2.81. The predicted octanol–water partition coefficient (Wildman–Crippen LogP) is 1.43. The molecule has 1 fully saturated rings. The molecule has 106 valence electrons. The number of para-hydroxylation sites is 2. The Hall–Kier alpha value is -1.30. The molecule has 5 nitrogen and oxygen atoms in total. The molecular weight excluding hydrogens is 268 g/mol. The molecule has 1 heterocycles. The van der Waals surface area contributed by atoms with Crippen LogP contribution in [0.3, 0.4) is 0 Å². The van der Waals surface area contributed by atoms with Gasteiger partial charge in [0.25, 0.3) is 0 Å². The van der Waals surface area contributed by atoms with E-state index in [0.29, 0.717) is 31.1 Å². The van der Waals surface area contributed by atoms with Crippen LogP contribution in [0.25, 0.3) is 0 Å². The molecular formula is C13H19ClN2O3. The summed E-state index contributed by atoms with van der Waals surface area (Å²) in [7, 11) is 1.58. The Morgan fingerprint density at radius 2 is 2.32 bits per heavy atom. The van der Waals surface area contributed by atoms with Crippen molar-refractivity contribution >= 4 is 24.0 Å². The van der Waals surface area contributed by atoms with Crippen LogP contribution in [0.5, 0.6) is 5.75 Å². The van der Waals surface area contributed by atoms with E-state index in [0.717, 1.165) is 6.54 Å².